The zero-order valence-corrected chi connectivity index (χ0v) is 9.49. The van der Waals surface area contributed by atoms with E-state index in [1.54, 1.807) is 14.2 Å². The highest BCUT2D eigenvalue weighted by molar-refractivity contribution is 6.44. The Balaban J connectivity index is 3.28. The summed E-state index contributed by atoms with van der Waals surface area (Å²) in [5, 5.41) is 2.59. The predicted octanol–water partition coefficient (Wildman–Crippen LogP) is 0.246. The number of alkyl carbamates (subject to hydrolysis) is 1. The lowest BCUT2D eigenvalue weighted by molar-refractivity contribution is 0.171. The predicted molar refractivity (Wildman–Crippen MR) is 51.0 cm³/mol. The molecular weight excluding hydrogens is 190 g/mol. The zero-order valence-electron chi connectivity index (χ0n) is 8.33. The van der Waals surface area contributed by atoms with Crippen LogP contribution in [0.2, 0.25) is 6.04 Å². The lowest BCUT2D eigenvalue weighted by Crippen LogP contribution is -2.26. The van der Waals surface area contributed by atoms with Gasteiger partial charge in [-0.05, 0) is 12.5 Å². The van der Waals surface area contributed by atoms with E-state index < -0.39 is 15.4 Å². The Bertz CT molecular complexity index is 140. The second-order valence-electron chi connectivity index (χ2n) is 2.46. The molecular formula is C7H17NO4Si. The minimum Gasteiger partial charge on any atom is -0.453 e. The van der Waals surface area contributed by atoms with Crippen LogP contribution in [-0.4, -0.2) is 43.3 Å². The second-order valence-corrected chi connectivity index (χ2v) is 4.84. The van der Waals surface area contributed by atoms with Gasteiger partial charge < -0.3 is 18.9 Å². The molecule has 1 N–H and O–H groups in total. The Hall–Kier alpha value is -0.593. The molecule has 0 saturated heterocycles. The SMILES string of the molecule is COC(=O)NCCC[SiH](OC)OC. The minimum atomic E-state index is -1.46. The molecule has 0 aromatic carbocycles. The Labute approximate surface area is 80.2 Å². The van der Waals surface area contributed by atoms with E-state index in [-0.39, 0.29) is 0 Å². The molecule has 78 valence electrons. The normalized spacial score (nSPS) is 10.2. The highest BCUT2D eigenvalue weighted by Gasteiger charge is 2.08. The van der Waals surface area contributed by atoms with Crippen LogP contribution in [0, 0.1) is 0 Å². The molecule has 0 aliphatic carbocycles. The van der Waals surface area contributed by atoms with Crippen LogP contribution in [0.1, 0.15) is 6.42 Å². The molecule has 0 fully saturated rings. The smallest absolute Gasteiger partial charge is 0.406 e. The summed E-state index contributed by atoms with van der Waals surface area (Å²) < 4.78 is 14.6. The van der Waals surface area contributed by atoms with E-state index in [1.807, 2.05) is 0 Å². The average molecular weight is 207 g/mol. The van der Waals surface area contributed by atoms with Crippen LogP contribution in [-0.2, 0) is 13.6 Å². The summed E-state index contributed by atoms with van der Waals surface area (Å²) in [7, 11) is 3.18. The zero-order chi connectivity index (χ0) is 10.1. The third-order valence-corrected chi connectivity index (χ3v) is 3.53. The minimum absolute atomic E-state index is 0.395. The number of amides is 1. The van der Waals surface area contributed by atoms with Crippen LogP contribution in [0.3, 0.4) is 0 Å². The molecule has 0 atom stereocenters. The Kier molecular flexibility index (Phi) is 7.66. The van der Waals surface area contributed by atoms with E-state index in [9.17, 15) is 4.79 Å². The van der Waals surface area contributed by atoms with E-state index in [0.717, 1.165) is 12.5 Å². The number of hydrogen-bond acceptors (Lipinski definition) is 4. The number of carbonyl (C=O) groups is 1. The van der Waals surface area contributed by atoms with Crippen LogP contribution in [0.25, 0.3) is 0 Å². The standard InChI is InChI=1S/C7H17NO4Si/c1-10-7(9)8-5-4-6-13(11-2)12-3/h13H,4-6H2,1-3H3,(H,8,9). The summed E-state index contributed by atoms with van der Waals surface area (Å²) in [6.07, 6.45) is 0.460. The van der Waals surface area contributed by atoms with Gasteiger partial charge in [0.2, 0.25) is 0 Å². The highest BCUT2D eigenvalue weighted by atomic mass is 28.3. The maximum Gasteiger partial charge on any atom is 0.406 e. The van der Waals surface area contributed by atoms with Crippen molar-refractivity contribution in [1.29, 1.82) is 0 Å². The molecule has 0 bridgehead atoms. The van der Waals surface area contributed by atoms with Crippen molar-refractivity contribution in [2.75, 3.05) is 27.9 Å². The van der Waals surface area contributed by atoms with Crippen molar-refractivity contribution in [2.45, 2.75) is 12.5 Å². The lowest BCUT2D eigenvalue weighted by Gasteiger charge is -2.10. The molecule has 0 aliphatic rings. The number of rotatable bonds is 6. The number of ether oxygens (including phenoxy) is 1. The third-order valence-electron chi connectivity index (χ3n) is 1.60. The molecule has 13 heavy (non-hydrogen) atoms. The fourth-order valence-electron chi connectivity index (χ4n) is 0.863. The van der Waals surface area contributed by atoms with E-state index in [0.29, 0.717) is 6.54 Å². The van der Waals surface area contributed by atoms with Crippen molar-refractivity contribution in [3.63, 3.8) is 0 Å². The highest BCUT2D eigenvalue weighted by Crippen LogP contribution is 1.97. The van der Waals surface area contributed by atoms with Gasteiger partial charge in [0.25, 0.3) is 0 Å². The van der Waals surface area contributed by atoms with E-state index in [1.165, 1.54) is 7.11 Å². The molecule has 5 nitrogen and oxygen atoms in total. The van der Waals surface area contributed by atoms with Gasteiger partial charge >= 0.3 is 15.4 Å². The largest absolute Gasteiger partial charge is 0.453 e. The van der Waals surface area contributed by atoms with Crippen LogP contribution in [0.5, 0.6) is 0 Å². The van der Waals surface area contributed by atoms with E-state index >= 15 is 0 Å². The third kappa shape index (κ3) is 6.56. The summed E-state index contributed by atoms with van der Waals surface area (Å²) in [5.41, 5.74) is 0. The Morgan fingerprint density at radius 2 is 1.92 bits per heavy atom. The van der Waals surface area contributed by atoms with E-state index in [2.05, 4.69) is 10.1 Å². The topological polar surface area (TPSA) is 56.8 Å². The summed E-state index contributed by atoms with van der Waals surface area (Å²) >= 11 is 0. The monoisotopic (exact) mass is 207 g/mol. The van der Waals surface area contributed by atoms with Gasteiger partial charge in [0.05, 0.1) is 7.11 Å². The van der Waals surface area contributed by atoms with Gasteiger partial charge in [-0.1, -0.05) is 0 Å². The van der Waals surface area contributed by atoms with Gasteiger partial charge in [-0.3, -0.25) is 0 Å². The summed E-state index contributed by atoms with van der Waals surface area (Å²) in [4.78, 5) is 10.6. The molecule has 0 spiro atoms. The molecule has 0 aromatic rings. The first-order valence-electron chi connectivity index (χ1n) is 4.12. The molecule has 0 radical (unpaired) electrons. The Morgan fingerprint density at radius 3 is 2.38 bits per heavy atom. The molecule has 0 aromatic heterocycles. The first-order valence-corrected chi connectivity index (χ1v) is 5.88. The van der Waals surface area contributed by atoms with Gasteiger partial charge in [-0.25, -0.2) is 4.79 Å². The molecule has 0 unspecified atom stereocenters. The fraction of sp³-hybridized carbons (Fsp3) is 0.857. The Morgan fingerprint density at radius 1 is 1.31 bits per heavy atom. The van der Waals surface area contributed by atoms with Gasteiger partial charge in [0.15, 0.2) is 0 Å². The number of carbonyl (C=O) groups excluding carboxylic acids is 1. The van der Waals surface area contributed by atoms with Gasteiger partial charge in [0.1, 0.15) is 0 Å². The molecule has 0 rings (SSSR count). The van der Waals surface area contributed by atoms with Crippen LogP contribution in [0.4, 0.5) is 4.79 Å². The van der Waals surface area contributed by atoms with Crippen molar-refractivity contribution in [3.05, 3.63) is 0 Å². The fourth-order valence-corrected chi connectivity index (χ4v) is 2.06. The molecule has 0 aliphatic heterocycles. The second kappa shape index (κ2) is 8.03. The molecule has 6 heteroatoms. The quantitative estimate of drug-likeness (QED) is 0.501. The maximum atomic E-state index is 10.6. The summed E-state index contributed by atoms with van der Waals surface area (Å²) in [6.45, 7) is 0.600. The van der Waals surface area contributed by atoms with Gasteiger partial charge in [-0.2, -0.15) is 0 Å². The van der Waals surface area contributed by atoms with Crippen molar-refractivity contribution in [3.8, 4) is 0 Å². The molecule has 0 heterocycles. The average Bonchev–Trinajstić information content (AvgIpc) is 2.18. The number of methoxy groups -OCH3 is 1. The molecule has 1 amide bonds. The van der Waals surface area contributed by atoms with Crippen LogP contribution >= 0.6 is 0 Å². The van der Waals surface area contributed by atoms with Crippen molar-refractivity contribution >= 4 is 15.4 Å². The van der Waals surface area contributed by atoms with Gasteiger partial charge in [0, 0.05) is 20.8 Å². The van der Waals surface area contributed by atoms with Gasteiger partial charge in [-0.15, -0.1) is 0 Å². The number of hydrogen-bond donors (Lipinski definition) is 1. The lowest BCUT2D eigenvalue weighted by atomic mass is 10.5. The summed E-state index contributed by atoms with van der Waals surface area (Å²) in [6, 6.07) is 0.886. The number of nitrogens with one attached hydrogen (secondary N) is 1. The van der Waals surface area contributed by atoms with Crippen molar-refractivity contribution in [1.82, 2.24) is 5.32 Å². The van der Waals surface area contributed by atoms with Crippen LogP contribution < -0.4 is 5.32 Å². The maximum absolute atomic E-state index is 10.6. The van der Waals surface area contributed by atoms with Crippen molar-refractivity contribution in [2.24, 2.45) is 0 Å². The van der Waals surface area contributed by atoms with E-state index in [4.69, 9.17) is 8.85 Å². The van der Waals surface area contributed by atoms with Crippen LogP contribution in [0.15, 0.2) is 0 Å². The summed E-state index contributed by atoms with van der Waals surface area (Å²) in [5.74, 6) is 0. The van der Waals surface area contributed by atoms with Crippen molar-refractivity contribution < 1.29 is 18.4 Å². The molecule has 0 saturated carbocycles. The first kappa shape index (κ1) is 12.4. The first-order chi connectivity index (χ1) is 6.24.